The van der Waals surface area contributed by atoms with E-state index in [1.165, 1.54) is 6.20 Å². The summed E-state index contributed by atoms with van der Waals surface area (Å²) < 4.78 is 10.5. The molecule has 0 unspecified atom stereocenters. The Kier molecular flexibility index (Phi) is 5.40. The lowest BCUT2D eigenvalue weighted by molar-refractivity contribution is 0.112. The average Bonchev–Trinajstić information content (AvgIpc) is 2.30. The smallest absolute Gasteiger partial charge is 0.213 e. The second-order valence-electron chi connectivity index (χ2n) is 2.95. The first-order valence-corrected chi connectivity index (χ1v) is 4.98. The van der Waals surface area contributed by atoms with E-state index in [2.05, 4.69) is 4.98 Å². The summed E-state index contributed by atoms with van der Waals surface area (Å²) >= 11 is 0. The summed E-state index contributed by atoms with van der Waals surface area (Å²) in [5, 5.41) is 0. The van der Waals surface area contributed by atoms with Crippen molar-refractivity contribution in [2.75, 3.05) is 19.8 Å². The molecular weight excluding hydrogens is 194 g/mol. The molecule has 0 saturated heterocycles. The number of pyridine rings is 1. The molecule has 0 aliphatic rings. The predicted molar refractivity (Wildman–Crippen MR) is 56.2 cm³/mol. The van der Waals surface area contributed by atoms with Crippen molar-refractivity contribution in [3.8, 4) is 5.88 Å². The molecule has 0 spiro atoms. The quantitative estimate of drug-likeness (QED) is 0.506. The van der Waals surface area contributed by atoms with Gasteiger partial charge in [0, 0.05) is 37.5 Å². The standard InChI is InChI=1S/C11H15NO3/c1-2-14-6-3-7-15-11-5-4-10(9-13)8-12-11/h4-5,8-9H,2-3,6-7H2,1H3. The normalized spacial score (nSPS) is 9.93. The van der Waals surface area contributed by atoms with Crippen LogP contribution in [-0.4, -0.2) is 31.1 Å². The van der Waals surface area contributed by atoms with E-state index in [0.717, 1.165) is 19.3 Å². The molecule has 15 heavy (non-hydrogen) atoms. The van der Waals surface area contributed by atoms with E-state index in [1.807, 2.05) is 6.92 Å². The fraction of sp³-hybridized carbons (Fsp3) is 0.455. The highest BCUT2D eigenvalue weighted by atomic mass is 16.5. The van der Waals surface area contributed by atoms with Crippen LogP contribution in [0.1, 0.15) is 23.7 Å². The summed E-state index contributed by atoms with van der Waals surface area (Å²) in [5.41, 5.74) is 0.552. The van der Waals surface area contributed by atoms with Crippen molar-refractivity contribution < 1.29 is 14.3 Å². The molecule has 0 aromatic carbocycles. The number of aldehydes is 1. The van der Waals surface area contributed by atoms with Gasteiger partial charge in [-0.15, -0.1) is 0 Å². The lowest BCUT2D eigenvalue weighted by Gasteiger charge is -2.04. The Morgan fingerprint density at radius 1 is 1.40 bits per heavy atom. The van der Waals surface area contributed by atoms with E-state index >= 15 is 0 Å². The van der Waals surface area contributed by atoms with Crippen LogP contribution in [0.3, 0.4) is 0 Å². The average molecular weight is 209 g/mol. The van der Waals surface area contributed by atoms with Crippen molar-refractivity contribution in [3.63, 3.8) is 0 Å². The van der Waals surface area contributed by atoms with E-state index in [9.17, 15) is 4.79 Å². The second kappa shape index (κ2) is 6.95. The van der Waals surface area contributed by atoms with Crippen LogP contribution < -0.4 is 4.74 Å². The molecule has 0 atom stereocenters. The molecule has 0 amide bonds. The van der Waals surface area contributed by atoms with Gasteiger partial charge in [0.25, 0.3) is 0 Å². The number of ether oxygens (including phenoxy) is 2. The molecule has 4 heteroatoms. The molecule has 1 heterocycles. The van der Waals surface area contributed by atoms with Gasteiger partial charge in [-0.1, -0.05) is 0 Å². The summed E-state index contributed by atoms with van der Waals surface area (Å²) in [6, 6.07) is 3.36. The van der Waals surface area contributed by atoms with Crippen LogP contribution in [0.25, 0.3) is 0 Å². The summed E-state index contributed by atoms with van der Waals surface area (Å²) in [6.07, 6.45) is 3.09. The van der Waals surface area contributed by atoms with Gasteiger partial charge < -0.3 is 9.47 Å². The van der Waals surface area contributed by atoms with Gasteiger partial charge >= 0.3 is 0 Å². The number of rotatable bonds is 7. The van der Waals surface area contributed by atoms with Crippen LogP contribution in [-0.2, 0) is 4.74 Å². The highest BCUT2D eigenvalue weighted by molar-refractivity contribution is 5.73. The first-order chi connectivity index (χ1) is 7.36. The third-order valence-electron chi connectivity index (χ3n) is 1.78. The maximum Gasteiger partial charge on any atom is 0.213 e. The lowest BCUT2D eigenvalue weighted by Crippen LogP contribution is -2.03. The lowest BCUT2D eigenvalue weighted by atomic mass is 10.3. The molecule has 4 nitrogen and oxygen atoms in total. The summed E-state index contributed by atoms with van der Waals surface area (Å²) in [5.74, 6) is 0.539. The number of aromatic nitrogens is 1. The Hall–Kier alpha value is -1.42. The van der Waals surface area contributed by atoms with Gasteiger partial charge in [-0.25, -0.2) is 4.98 Å². The van der Waals surface area contributed by atoms with Crippen LogP contribution in [0.15, 0.2) is 18.3 Å². The molecule has 0 N–H and O–H groups in total. The SMILES string of the molecule is CCOCCCOc1ccc(C=O)cn1. The molecule has 0 aliphatic carbocycles. The van der Waals surface area contributed by atoms with E-state index in [4.69, 9.17) is 9.47 Å². The zero-order chi connectivity index (χ0) is 10.9. The van der Waals surface area contributed by atoms with E-state index in [1.54, 1.807) is 12.1 Å². The number of carbonyl (C=O) groups is 1. The van der Waals surface area contributed by atoms with Crippen molar-refractivity contribution in [1.82, 2.24) is 4.98 Å². The van der Waals surface area contributed by atoms with Crippen LogP contribution in [0, 0.1) is 0 Å². The van der Waals surface area contributed by atoms with Gasteiger partial charge in [0.05, 0.1) is 6.61 Å². The first kappa shape index (κ1) is 11.7. The van der Waals surface area contributed by atoms with Gasteiger partial charge in [-0.3, -0.25) is 4.79 Å². The molecule has 0 aliphatic heterocycles. The molecule has 1 rings (SSSR count). The van der Waals surface area contributed by atoms with Crippen molar-refractivity contribution in [2.24, 2.45) is 0 Å². The first-order valence-electron chi connectivity index (χ1n) is 4.98. The number of hydrogen-bond donors (Lipinski definition) is 0. The minimum absolute atomic E-state index is 0.539. The highest BCUT2D eigenvalue weighted by Gasteiger charge is 1.95. The van der Waals surface area contributed by atoms with Gasteiger partial charge in [0.2, 0.25) is 5.88 Å². The Bertz CT molecular complexity index is 284. The van der Waals surface area contributed by atoms with Crippen LogP contribution in [0.5, 0.6) is 5.88 Å². The van der Waals surface area contributed by atoms with Crippen LogP contribution in [0.4, 0.5) is 0 Å². The second-order valence-corrected chi connectivity index (χ2v) is 2.95. The predicted octanol–water partition coefficient (Wildman–Crippen LogP) is 1.70. The molecule has 0 bridgehead atoms. The fourth-order valence-electron chi connectivity index (χ4n) is 1.03. The largest absolute Gasteiger partial charge is 0.478 e. The Morgan fingerprint density at radius 3 is 2.87 bits per heavy atom. The Balaban J connectivity index is 2.22. The van der Waals surface area contributed by atoms with Crippen LogP contribution in [0.2, 0.25) is 0 Å². The minimum atomic E-state index is 0.539. The van der Waals surface area contributed by atoms with E-state index < -0.39 is 0 Å². The van der Waals surface area contributed by atoms with Crippen molar-refractivity contribution in [2.45, 2.75) is 13.3 Å². The molecule has 82 valence electrons. The van der Waals surface area contributed by atoms with Crippen LogP contribution >= 0.6 is 0 Å². The maximum absolute atomic E-state index is 10.4. The topological polar surface area (TPSA) is 48.4 Å². The van der Waals surface area contributed by atoms with Gasteiger partial charge in [-0.2, -0.15) is 0 Å². The molecule has 0 saturated carbocycles. The summed E-state index contributed by atoms with van der Waals surface area (Å²) in [4.78, 5) is 14.3. The third kappa shape index (κ3) is 4.56. The zero-order valence-corrected chi connectivity index (χ0v) is 8.81. The Morgan fingerprint density at radius 2 is 2.27 bits per heavy atom. The number of carbonyl (C=O) groups excluding carboxylic acids is 1. The number of hydrogen-bond acceptors (Lipinski definition) is 4. The molecule has 0 fully saturated rings. The van der Waals surface area contributed by atoms with Crippen molar-refractivity contribution in [1.29, 1.82) is 0 Å². The van der Waals surface area contributed by atoms with E-state index in [0.29, 0.717) is 24.7 Å². The molecular formula is C11H15NO3. The van der Waals surface area contributed by atoms with Gasteiger partial charge in [0.1, 0.15) is 0 Å². The van der Waals surface area contributed by atoms with Gasteiger partial charge in [-0.05, 0) is 13.0 Å². The molecule has 1 aromatic rings. The van der Waals surface area contributed by atoms with Crippen molar-refractivity contribution in [3.05, 3.63) is 23.9 Å². The minimum Gasteiger partial charge on any atom is -0.478 e. The van der Waals surface area contributed by atoms with E-state index in [-0.39, 0.29) is 0 Å². The highest BCUT2D eigenvalue weighted by Crippen LogP contribution is 2.06. The maximum atomic E-state index is 10.4. The van der Waals surface area contributed by atoms with Gasteiger partial charge in [0.15, 0.2) is 6.29 Å². The Labute approximate surface area is 89.2 Å². The molecule has 0 radical (unpaired) electrons. The fourth-order valence-corrected chi connectivity index (χ4v) is 1.03. The summed E-state index contributed by atoms with van der Waals surface area (Å²) in [7, 11) is 0. The summed E-state index contributed by atoms with van der Waals surface area (Å²) in [6.45, 7) is 3.96. The monoisotopic (exact) mass is 209 g/mol. The third-order valence-corrected chi connectivity index (χ3v) is 1.78. The molecule has 1 aromatic heterocycles. The van der Waals surface area contributed by atoms with Crippen molar-refractivity contribution >= 4 is 6.29 Å². The number of nitrogens with zero attached hydrogens (tertiary/aromatic N) is 1. The zero-order valence-electron chi connectivity index (χ0n) is 8.81.